The number of rotatable bonds is 6. The zero-order chi connectivity index (χ0) is 21.0. The predicted molar refractivity (Wildman–Crippen MR) is 109 cm³/mol. The summed E-state index contributed by atoms with van der Waals surface area (Å²) < 4.78 is 15.4. The van der Waals surface area contributed by atoms with Gasteiger partial charge < -0.3 is 9.67 Å². The van der Waals surface area contributed by atoms with Crippen LogP contribution in [0.3, 0.4) is 0 Å². The van der Waals surface area contributed by atoms with E-state index >= 15 is 0 Å². The van der Waals surface area contributed by atoms with Crippen molar-refractivity contribution in [2.45, 2.75) is 26.3 Å². The van der Waals surface area contributed by atoms with E-state index in [1.165, 1.54) is 18.2 Å². The van der Waals surface area contributed by atoms with Gasteiger partial charge in [-0.05, 0) is 36.4 Å². The molecule has 0 radical (unpaired) electrons. The number of imidazole rings is 1. The summed E-state index contributed by atoms with van der Waals surface area (Å²) in [5.41, 5.74) is 3.18. The van der Waals surface area contributed by atoms with Crippen molar-refractivity contribution in [3.63, 3.8) is 0 Å². The minimum absolute atomic E-state index is 0.0586. The third-order valence-electron chi connectivity index (χ3n) is 4.38. The Kier molecular flexibility index (Phi) is 5.90. The first kappa shape index (κ1) is 20.0. The van der Waals surface area contributed by atoms with Crippen LogP contribution in [0.2, 0.25) is 0 Å². The number of anilines is 1. The van der Waals surface area contributed by atoms with Gasteiger partial charge in [-0.15, -0.1) is 0 Å². The van der Waals surface area contributed by atoms with Crippen molar-refractivity contribution < 1.29 is 19.1 Å². The summed E-state index contributed by atoms with van der Waals surface area (Å²) in [6.07, 6.45) is 0.206. The van der Waals surface area contributed by atoms with Gasteiger partial charge in [-0.1, -0.05) is 26.0 Å². The summed E-state index contributed by atoms with van der Waals surface area (Å²) in [5, 5.41) is 11.3. The highest BCUT2D eigenvalue weighted by Gasteiger charge is 2.21. The van der Waals surface area contributed by atoms with Crippen LogP contribution in [0.15, 0.2) is 54.6 Å². The van der Waals surface area contributed by atoms with Crippen LogP contribution in [0.4, 0.5) is 14.9 Å². The first-order valence-corrected chi connectivity index (χ1v) is 9.06. The van der Waals surface area contributed by atoms with E-state index in [1.807, 2.05) is 24.5 Å². The van der Waals surface area contributed by atoms with Crippen LogP contribution in [0.25, 0.3) is 22.5 Å². The summed E-state index contributed by atoms with van der Waals surface area (Å²) in [4.78, 5) is 26.6. The van der Waals surface area contributed by atoms with Crippen molar-refractivity contribution in [3.8, 4) is 22.5 Å². The standard InChI is InChI=1S/C22H20FN3O3/c1-14(2)21-25-19(16-5-3-6-18(13-16)24-22(28)29)20(26(21)11-4-12-27)15-7-9-17(23)10-8-15/h3-10,13-14,24H,11H2,1-2H3,(H,28,29). The molecule has 0 aliphatic carbocycles. The Bertz CT molecular complexity index is 1080. The van der Waals surface area contributed by atoms with E-state index in [-0.39, 0.29) is 18.3 Å². The molecule has 1 amide bonds. The van der Waals surface area contributed by atoms with Gasteiger partial charge in [0, 0.05) is 28.8 Å². The van der Waals surface area contributed by atoms with Crippen LogP contribution in [0.1, 0.15) is 25.6 Å². The van der Waals surface area contributed by atoms with E-state index in [4.69, 9.17) is 10.1 Å². The number of benzene rings is 2. The van der Waals surface area contributed by atoms with Crippen molar-refractivity contribution in [2.24, 2.45) is 0 Å². The smallest absolute Gasteiger partial charge is 0.409 e. The van der Waals surface area contributed by atoms with Gasteiger partial charge >= 0.3 is 6.09 Å². The van der Waals surface area contributed by atoms with Gasteiger partial charge in [-0.25, -0.2) is 19.0 Å². The van der Waals surface area contributed by atoms with E-state index in [0.29, 0.717) is 22.6 Å². The lowest BCUT2D eigenvalue weighted by molar-refractivity contribution is 0.210. The van der Waals surface area contributed by atoms with E-state index < -0.39 is 6.09 Å². The van der Waals surface area contributed by atoms with Crippen molar-refractivity contribution in [2.75, 3.05) is 5.32 Å². The number of aromatic nitrogens is 2. The number of allylic oxidation sites excluding steroid dienone is 1. The molecule has 148 valence electrons. The number of carboxylic acid groups (broad SMARTS) is 1. The third kappa shape index (κ3) is 4.42. The molecule has 0 saturated carbocycles. The van der Waals surface area contributed by atoms with Gasteiger partial charge in [0.1, 0.15) is 17.6 Å². The molecule has 3 rings (SSSR count). The lowest BCUT2D eigenvalue weighted by atomic mass is 10.0. The second kappa shape index (κ2) is 8.54. The molecular weight excluding hydrogens is 373 g/mol. The molecule has 3 aromatic rings. The average molecular weight is 393 g/mol. The molecule has 0 saturated heterocycles. The fraction of sp³-hybridized carbons (Fsp3) is 0.182. The Balaban J connectivity index is 2.26. The maximum Gasteiger partial charge on any atom is 0.409 e. The zero-order valence-electron chi connectivity index (χ0n) is 16.0. The van der Waals surface area contributed by atoms with Crippen LogP contribution in [0, 0.1) is 5.82 Å². The number of hydrogen-bond acceptors (Lipinski definition) is 3. The van der Waals surface area contributed by atoms with Gasteiger partial charge in [0.15, 0.2) is 0 Å². The molecule has 0 aliphatic heterocycles. The van der Waals surface area contributed by atoms with Crippen LogP contribution in [-0.4, -0.2) is 26.7 Å². The number of amides is 1. The Labute approximate surface area is 167 Å². The topological polar surface area (TPSA) is 84.2 Å². The van der Waals surface area contributed by atoms with Crippen LogP contribution in [0.5, 0.6) is 0 Å². The second-order valence-electron chi connectivity index (χ2n) is 6.77. The van der Waals surface area contributed by atoms with E-state index in [1.54, 1.807) is 36.3 Å². The molecular formula is C22H20FN3O3. The summed E-state index contributed by atoms with van der Waals surface area (Å²) in [6, 6.07) is 12.9. The van der Waals surface area contributed by atoms with E-state index in [2.05, 4.69) is 5.32 Å². The SMILES string of the molecule is CC(C)c1nc(-c2cccc(NC(=O)O)c2)c(-c2ccc(F)cc2)n1CC=C=O. The zero-order valence-corrected chi connectivity index (χ0v) is 16.0. The summed E-state index contributed by atoms with van der Waals surface area (Å²) in [7, 11) is 0. The maximum atomic E-state index is 13.5. The Morgan fingerprint density at radius 2 is 1.97 bits per heavy atom. The number of nitrogens with zero attached hydrogens (tertiary/aromatic N) is 2. The molecule has 0 aliphatic rings. The minimum Gasteiger partial charge on any atom is -0.465 e. The first-order chi connectivity index (χ1) is 13.9. The van der Waals surface area contributed by atoms with Gasteiger partial charge in [-0.2, -0.15) is 0 Å². The molecule has 29 heavy (non-hydrogen) atoms. The molecule has 2 N–H and O–H groups in total. The number of carbonyl (C=O) groups excluding carboxylic acids is 1. The van der Waals surface area contributed by atoms with Gasteiger partial charge in [0.2, 0.25) is 0 Å². The molecule has 0 fully saturated rings. The van der Waals surface area contributed by atoms with E-state index in [0.717, 1.165) is 11.4 Å². The Morgan fingerprint density at radius 1 is 1.24 bits per heavy atom. The minimum atomic E-state index is -1.16. The van der Waals surface area contributed by atoms with Crippen molar-refractivity contribution in [1.82, 2.24) is 9.55 Å². The molecule has 1 heterocycles. The fourth-order valence-electron chi connectivity index (χ4n) is 3.19. The Morgan fingerprint density at radius 3 is 2.59 bits per heavy atom. The molecule has 0 bridgehead atoms. The van der Waals surface area contributed by atoms with Gasteiger partial charge in [0.05, 0.1) is 17.9 Å². The monoisotopic (exact) mass is 393 g/mol. The van der Waals surface area contributed by atoms with Crippen molar-refractivity contribution >= 4 is 17.7 Å². The van der Waals surface area contributed by atoms with E-state index in [9.17, 15) is 14.0 Å². The highest BCUT2D eigenvalue weighted by molar-refractivity contribution is 5.86. The van der Waals surface area contributed by atoms with Gasteiger partial charge in [0.25, 0.3) is 0 Å². The molecule has 2 aromatic carbocycles. The lowest BCUT2D eigenvalue weighted by Gasteiger charge is -2.12. The second-order valence-corrected chi connectivity index (χ2v) is 6.77. The summed E-state index contributed by atoms with van der Waals surface area (Å²) in [5.74, 6) is 2.25. The quantitative estimate of drug-likeness (QED) is 0.580. The van der Waals surface area contributed by atoms with Crippen LogP contribution in [-0.2, 0) is 11.3 Å². The molecule has 0 atom stereocenters. The largest absolute Gasteiger partial charge is 0.465 e. The normalized spacial score (nSPS) is 10.6. The maximum absolute atomic E-state index is 13.5. The van der Waals surface area contributed by atoms with Crippen molar-refractivity contribution in [1.29, 1.82) is 0 Å². The molecule has 6 nitrogen and oxygen atoms in total. The summed E-state index contributed by atoms with van der Waals surface area (Å²) in [6.45, 7) is 4.25. The highest BCUT2D eigenvalue weighted by Crippen LogP contribution is 2.36. The molecule has 1 aromatic heterocycles. The number of hydrogen-bond donors (Lipinski definition) is 2. The number of carbonyl (C=O) groups is 1. The molecule has 0 unspecified atom stereocenters. The summed E-state index contributed by atoms with van der Waals surface area (Å²) >= 11 is 0. The Hall–Kier alpha value is -3.70. The van der Waals surface area contributed by atoms with Crippen molar-refractivity contribution in [3.05, 3.63) is 66.2 Å². The van der Waals surface area contributed by atoms with Crippen LogP contribution >= 0.6 is 0 Å². The predicted octanol–water partition coefficient (Wildman–Crippen LogP) is 4.96. The number of nitrogens with one attached hydrogen (secondary N) is 1. The van der Waals surface area contributed by atoms with Crippen LogP contribution < -0.4 is 5.32 Å². The first-order valence-electron chi connectivity index (χ1n) is 9.06. The molecule has 7 heteroatoms. The van der Waals surface area contributed by atoms with Gasteiger partial charge in [-0.3, -0.25) is 5.32 Å². The third-order valence-corrected chi connectivity index (χ3v) is 4.38. The fourth-order valence-corrected chi connectivity index (χ4v) is 3.19. The highest BCUT2D eigenvalue weighted by atomic mass is 19.1. The molecule has 0 spiro atoms. The lowest BCUT2D eigenvalue weighted by Crippen LogP contribution is -2.07. The number of halogens is 1. The average Bonchev–Trinajstić information content (AvgIpc) is 3.06.